The number of nitro benzene ring substituents is 1. The molecule has 8 heteroatoms. The topological polar surface area (TPSA) is 85.2 Å². The number of morpholine rings is 1. The van der Waals surface area contributed by atoms with Crippen LogP contribution in [0.2, 0.25) is 0 Å². The summed E-state index contributed by atoms with van der Waals surface area (Å²) >= 11 is 0. The lowest BCUT2D eigenvalue weighted by Gasteiger charge is -2.29. The second-order valence-electron chi connectivity index (χ2n) is 5.26. The first-order chi connectivity index (χ1) is 11.1. The van der Waals surface area contributed by atoms with Crippen molar-refractivity contribution >= 4 is 17.7 Å². The van der Waals surface area contributed by atoms with Gasteiger partial charge in [0.25, 0.3) is 5.69 Å². The van der Waals surface area contributed by atoms with Gasteiger partial charge in [0.1, 0.15) is 12.4 Å². The minimum Gasteiger partial charge on any atom is -0.484 e. The summed E-state index contributed by atoms with van der Waals surface area (Å²) in [5.41, 5.74) is 0.668. The van der Waals surface area contributed by atoms with Crippen LogP contribution in [0.5, 0.6) is 5.75 Å². The predicted molar refractivity (Wildman–Crippen MR) is 85.2 cm³/mol. The van der Waals surface area contributed by atoms with Crippen LogP contribution in [0, 0.1) is 10.1 Å². The molecule has 1 aliphatic rings. The molecule has 0 N–H and O–H groups in total. The minimum absolute atomic E-state index is 0.0590. The molecule has 1 saturated heterocycles. The van der Waals surface area contributed by atoms with Gasteiger partial charge in [-0.25, -0.2) is 0 Å². The Balaban J connectivity index is 2.05. The molecule has 0 spiro atoms. The van der Waals surface area contributed by atoms with Crippen LogP contribution in [0.1, 0.15) is 0 Å². The normalized spacial score (nSPS) is 15.2. The highest BCUT2D eigenvalue weighted by Gasteiger charge is 2.16. The standard InChI is InChI=1S/C15H21N3O5/c1-16(4-5-17-6-9-22-10-7-17)14-3-2-13(18(20)21)12-15(14)23-11-8-19/h2-3,8,12H,4-7,9-11H2,1H3. The maximum Gasteiger partial charge on any atom is 0.273 e. The van der Waals surface area contributed by atoms with E-state index in [4.69, 9.17) is 9.47 Å². The number of aldehydes is 1. The van der Waals surface area contributed by atoms with Crippen molar-refractivity contribution < 1.29 is 19.2 Å². The van der Waals surface area contributed by atoms with Crippen molar-refractivity contribution in [3.63, 3.8) is 0 Å². The molecule has 23 heavy (non-hydrogen) atoms. The molecule has 0 unspecified atom stereocenters. The SMILES string of the molecule is CN(CCN1CCOCC1)c1ccc([N+](=O)[O-])cc1OCC=O. The molecule has 1 fully saturated rings. The van der Waals surface area contributed by atoms with Gasteiger partial charge in [-0.1, -0.05) is 0 Å². The summed E-state index contributed by atoms with van der Waals surface area (Å²) in [6.07, 6.45) is 0.621. The minimum atomic E-state index is -0.481. The first kappa shape index (κ1) is 17.2. The molecule has 0 aromatic heterocycles. The summed E-state index contributed by atoms with van der Waals surface area (Å²) in [5.74, 6) is 0.343. The number of hydrogen-bond donors (Lipinski definition) is 0. The molecule has 1 aromatic rings. The molecule has 1 aromatic carbocycles. The zero-order chi connectivity index (χ0) is 16.7. The van der Waals surface area contributed by atoms with Crippen LogP contribution in [0.4, 0.5) is 11.4 Å². The highest BCUT2D eigenvalue weighted by molar-refractivity contribution is 5.63. The first-order valence-corrected chi connectivity index (χ1v) is 7.48. The third-order valence-electron chi connectivity index (χ3n) is 3.73. The number of benzene rings is 1. The third-order valence-corrected chi connectivity index (χ3v) is 3.73. The number of rotatable bonds is 8. The number of carbonyl (C=O) groups excluding carboxylic acids is 1. The van der Waals surface area contributed by atoms with Gasteiger partial charge in [-0.2, -0.15) is 0 Å². The Morgan fingerprint density at radius 3 is 2.83 bits per heavy atom. The Morgan fingerprint density at radius 2 is 2.17 bits per heavy atom. The van der Waals surface area contributed by atoms with Crippen molar-refractivity contribution in [3.05, 3.63) is 28.3 Å². The van der Waals surface area contributed by atoms with Gasteiger partial charge in [-0.3, -0.25) is 19.8 Å². The molecule has 0 atom stereocenters. The molecular formula is C15H21N3O5. The number of likely N-dealkylation sites (N-methyl/N-ethyl adjacent to an activating group) is 1. The second-order valence-corrected chi connectivity index (χ2v) is 5.26. The van der Waals surface area contributed by atoms with Gasteiger partial charge >= 0.3 is 0 Å². The summed E-state index contributed by atoms with van der Waals surface area (Å²) in [6, 6.07) is 4.44. The van der Waals surface area contributed by atoms with Crippen LogP contribution in [0.15, 0.2) is 18.2 Å². The van der Waals surface area contributed by atoms with Gasteiger partial charge in [0.2, 0.25) is 0 Å². The predicted octanol–water partition coefficient (Wildman–Crippen LogP) is 0.941. The van der Waals surface area contributed by atoms with E-state index in [0.29, 0.717) is 12.0 Å². The fraction of sp³-hybridized carbons (Fsp3) is 0.533. The van der Waals surface area contributed by atoms with Crippen LogP contribution in [0.25, 0.3) is 0 Å². The Kier molecular flexibility index (Phi) is 6.30. The molecular weight excluding hydrogens is 302 g/mol. The monoisotopic (exact) mass is 323 g/mol. The summed E-state index contributed by atoms with van der Waals surface area (Å²) < 4.78 is 10.7. The zero-order valence-corrected chi connectivity index (χ0v) is 13.1. The van der Waals surface area contributed by atoms with Gasteiger partial charge in [0.15, 0.2) is 6.29 Å². The summed E-state index contributed by atoms with van der Waals surface area (Å²) in [4.78, 5) is 25.2. The maximum atomic E-state index is 10.9. The van der Waals surface area contributed by atoms with Crippen LogP contribution in [-0.2, 0) is 9.53 Å². The summed E-state index contributed by atoms with van der Waals surface area (Å²) in [5, 5.41) is 10.9. The van der Waals surface area contributed by atoms with Crippen molar-refractivity contribution in [1.82, 2.24) is 4.90 Å². The highest BCUT2D eigenvalue weighted by Crippen LogP contribution is 2.31. The number of non-ortho nitro benzene ring substituents is 1. The quantitative estimate of drug-likeness (QED) is 0.400. The number of nitro groups is 1. The molecule has 0 saturated carbocycles. The fourth-order valence-electron chi connectivity index (χ4n) is 2.41. The summed E-state index contributed by atoms with van der Waals surface area (Å²) in [7, 11) is 1.90. The van der Waals surface area contributed by atoms with E-state index in [9.17, 15) is 14.9 Å². The van der Waals surface area contributed by atoms with Crippen molar-refractivity contribution in [2.75, 3.05) is 57.9 Å². The Morgan fingerprint density at radius 1 is 1.43 bits per heavy atom. The molecule has 126 valence electrons. The molecule has 1 heterocycles. The van der Waals surface area contributed by atoms with Crippen LogP contribution < -0.4 is 9.64 Å². The third kappa shape index (κ3) is 4.90. The molecule has 8 nitrogen and oxygen atoms in total. The zero-order valence-electron chi connectivity index (χ0n) is 13.1. The van der Waals surface area contributed by atoms with E-state index >= 15 is 0 Å². The van der Waals surface area contributed by atoms with Crippen molar-refractivity contribution in [2.45, 2.75) is 0 Å². The van der Waals surface area contributed by atoms with E-state index in [1.165, 1.54) is 12.1 Å². The van der Waals surface area contributed by atoms with E-state index in [1.54, 1.807) is 6.07 Å². The number of ether oxygens (including phenoxy) is 2. The van der Waals surface area contributed by atoms with Crippen molar-refractivity contribution in [2.24, 2.45) is 0 Å². The lowest BCUT2D eigenvalue weighted by molar-refractivity contribution is -0.384. The lowest BCUT2D eigenvalue weighted by Crippen LogP contribution is -2.40. The van der Waals surface area contributed by atoms with E-state index in [0.717, 1.165) is 45.1 Å². The van der Waals surface area contributed by atoms with E-state index < -0.39 is 4.92 Å². The number of nitrogens with zero attached hydrogens (tertiary/aromatic N) is 3. The maximum absolute atomic E-state index is 10.9. The highest BCUT2D eigenvalue weighted by atomic mass is 16.6. The largest absolute Gasteiger partial charge is 0.484 e. The van der Waals surface area contributed by atoms with E-state index in [-0.39, 0.29) is 12.3 Å². The van der Waals surface area contributed by atoms with Gasteiger partial charge < -0.3 is 14.4 Å². The van der Waals surface area contributed by atoms with E-state index in [2.05, 4.69) is 4.90 Å². The average Bonchev–Trinajstić information content (AvgIpc) is 2.58. The van der Waals surface area contributed by atoms with Crippen LogP contribution >= 0.6 is 0 Å². The molecule has 0 radical (unpaired) electrons. The van der Waals surface area contributed by atoms with Gasteiger partial charge in [0, 0.05) is 39.3 Å². The lowest BCUT2D eigenvalue weighted by atomic mass is 10.2. The van der Waals surface area contributed by atoms with Crippen molar-refractivity contribution in [3.8, 4) is 5.75 Å². The first-order valence-electron chi connectivity index (χ1n) is 7.48. The average molecular weight is 323 g/mol. The Hall–Kier alpha value is -2.19. The van der Waals surface area contributed by atoms with Gasteiger partial charge in [0.05, 0.1) is 29.9 Å². The molecule has 0 bridgehead atoms. The molecule has 1 aliphatic heterocycles. The Labute approximate surface area is 134 Å². The fourth-order valence-corrected chi connectivity index (χ4v) is 2.41. The molecule has 0 aliphatic carbocycles. The van der Waals surface area contributed by atoms with Crippen molar-refractivity contribution in [1.29, 1.82) is 0 Å². The van der Waals surface area contributed by atoms with Gasteiger partial charge in [-0.15, -0.1) is 0 Å². The number of hydrogen-bond acceptors (Lipinski definition) is 7. The Bertz CT molecular complexity index is 546. The number of anilines is 1. The second kappa shape index (κ2) is 8.44. The molecule has 0 amide bonds. The van der Waals surface area contributed by atoms with E-state index in [1.807, 2.05) is 11.9 Å². The van der Waals surface area contributed by atoms with Crippen LogP contribution in [0.3, 0.4) is 0 Å². The molecule has 2 rings (SSSR count). The van der Waals surface area contributed by atoms with Gasteiger partial charge in [-0.05, 0) is 6.07 Å². The summed E-state index contributed by atoms with van der Waals surface area (Å²) in [6.45, 7) is 4.78. The number of carbonyl (C=O) groups is 1. The smallest absolute Gasteiger partial charge is 0.273 e. The van der Waals surface area contributed by atoms with Crippen LogP contribution in [-0.4, -0.2) is 69.2 Å².